The van der Waals surface area contributed by atoms with Gasteiger partial charge in [0.05, 0.1) is 7.11 Å². The van der Waals surface area contributed by atoms with Gasteiger partial charge in [0, 0.05) is 4.90 Å². The molecular weight excluding hydrogens is 236 g/mol. The number of rotatable bonds is 4. The molecule has 1 fully saturated rings. The van der Waals surface area contributed by atoms with Gasteiger partial charge in [-0.1, -0.05) is 12.8 Å². The van der Waals surface area contributed by atoms with E-state index in [1.165, 1.54) is 11.8 Å². The molecule has 1 aromatic carbocycles. The lowest BCUT2D eigenvalue weighted by Gasteiger charge is -2.22. The Morgan fingerprint density at radius 1 is 1.29 bits per heavy atom. The van der Waals surface area contributed by atoms with Crippen LogP contribution in [0.5, 0.6) is 5.75 Å². The van der Waals surface area contributed by atoms with Gasteiger partial charge in [-0.25, -0.2) is 0 Å². The van der Waals surface area contributed by atoms with Crippen molar-refractivity contribution in [2.24, 2.45) is 0 Å². The average Bonchev–Trinajstić information content (AvgIpc) is 2.80. The zero-order valence-electron chi connectivity index (χ0n) is 9.81. The number of hydrogen-bond donors (Lipinski definition) is 1. The van der Waals surface area contributed by atoms with E-state index in [0.29, 0.717) is 0 Å². The highest BCUT2D eigenvalue weighted by molar-refractivity contribution is 8.01. The Bertz CT molecular complexity index is 394. The maximum atomic E-state index is 11.4. The molecule has 92 valence electrons. The number of ether oxygens (including phenoxy) is 1. The third-order valence-electron chi connectivity index (χ3n) is 3.17. The lowest BCUT2D eigenvalue weighted by molar-refractivity contribution is -0.139. The van der Waals surface area contributed by atoms with Gasteiger partial charge in [-0.05, 0) is 37.1 Å². The molecule has 0 saturated heterocycles. The highest BCUT2D eigenvalue weighted by Crippen LogP contribution is 2.45. The molecule has 1 aliphatic carbocycles. The number of hydrogen-bond acceptors (Lipinski definition) is 3. The fraction of sp³-hybridized carbons (Fsp3) is 0.462. The molecule has 0 spiro atoms. The summed E-state index contributed by atoms with van der Waals surface area (Å²) < 4.78 is 4.47. The van der Waals surface area contributed by atoms with Crippen LogP contribution in [0.2, 0.25) is 0 Å². The first-order chi connectivity index (χ1) is 8.16. The molecule has 1 saturated carbocycles. The van der Waals surface area contributed by atoms with Crippen molar-refractivity contribution in [2.45, 2.75) is 35.3 Å². The van der Waals surface area contributed by atoms with Gasteiger partial charge in [0.1, 0.15) is 10.5 Å². The zero-order valence-corrected chi connectivity index (χ0v) is 10.6. The lowest BCUT2D eigenvalue weighted by Crippen LogP contribution is -2.31. The molecule has 0 heterocycles. The molecule has 1 aliphatic rings. The van der Waals surface area contributed by atoms with E-state index >= 15 is 0 Å². The van der Waals surface area contributed by atoms with Crippen molar-refractivity contribution in [3.05, 3.63) is 24.3 Å². The standard InChI is InChI=1S/C13H16O3S/c1-16-10-4-6-11(7-5-10)17-13(12(14)15)8-2-3-9-13/h4-7H,2-3,8-9H2,1H3,(H,14,15). The smallest absolute Gasteiger partial charge is 0.320 e. The molecule has 0 radical (unpaired) electrons. The summed E-state index contributed by atoms with van der Waals surface area (Å²) in [6.45, 7) is 0. The van der Waals surface area contributed by atoms with Crippen molar-refractivity contribution in [1.82, 2.24) is 0 Å². The number of carboxylic acid groups (broad SMARTS) is 1. The molecule has 0 bridgehead atoms. The molecule has 0 amide bonds. The Morgan fingerprint density at radius 2 is 1.88 bits per heavy atom. The number of carboxylic acids is 1. The van der Waals surface area contributed by atoms with Crippen molar-refractivity contribution >= 4 is 17.7 Å². The summed E-state index contributed by atoms with van der Waals surface area (Å²) in [6.07, 6.45) is 3.54. The Morgan fingerprint density at radius 3 is 2.35 bits per heavy atom. The summed E-state index contributed by atoms with van der Waals surface area (Å²) in [5.41, 5.74) is 0. The summed E-state index contributed by atoms with van der Waals surface area (Å²) in [7, 11) is 1.62. The van der Waals surface area contributed by atoms with E-state index in [1.807, 2.05) is 24.3 Å². The Kier molecular flexibility index (Phi) is 3.62. The van der Waals surface area contributed by atoms with Crippen LogP contribution in [-0.4, -0.2) is 22.9 Å². The molecule has 0 aliphatic heterocycles. The van der Waals surface area contributed by atoms with Gasteiger partial charge in [0.15, 0.2) is 0 Å². The van der Waals surface area contributed by atoms with Crippen LogP contribution in [0.4, 0.5) is 0 Å². The van der Waals surface area contributed by atoms with Gasteiger partial charge in [-0.15, -0.1) is 11.8 Å². The third kappa shape index (κ3) is 2.57. The zero-order chi connectivity index (χ0) is 12.3. The number of aliphatic carboxylic acids is 1. The van der Waals surface area contributed by atoms with Gasteiger partial charge in [0.25, 0.3) is 0 Å². The summed E-state index contributed by atoms with van der Waals surface area (Å²) in [5.74, 6) is 0.112. The highest BCUT2D eigenvalue weighted by atomic mass is 32.2. The molecule has 0 aromatic heterocycles. The third-order valence-corrected chi connectivity index (χ3v) is 4.66. The van der Waals surface area contributed by atoms with E-state index in [9.17, 15) is 9.90 Å². The second kappa shape index (κ2) is 5.00. The van der Waals surface area contributed by atoms with Crippen molar-refractivity contribution in [2.75, 3.05) is 7.11 Å². The largest absolute Gasteiger partial charge is 0.497 e. The minimum atomic E-state index is -0.684. The van der Waals surface area contributed by atoms with Crippen molar-refractivity contribution < 1.29 is 14.6 Å². The van der Waals surface area contributed by atoms with Gasteiger partial charge < -0.3 is 9.84 Å². The molecule has 4 heteroatoms. The number of thioether (sulfide) groups is 1. The summed E-state index contributed by atoms with van der Waals surface area (Å²) in [5, 5.41) is 9.38. The molecule has 0 unspecified atom stereocenters. The molecule has 1 N–H and O–H groups in total. The molecule has 2 rings (SSSR count). The summed E-state index contributed by atoms with van der Waals surface area (Å²) >= 11 is 1.47. The summed E-state index contributed by atoms with van der Waals surface area (Å²) in [4.78, 5) is 12.4. The second-order valence-electron chi connectivity index (χ2n) is 4.28. The first-order valence-electron chi connectivity index (χ1n) is 5.73. The van der Waals surface area contributed by atoms with Gasteiger partial charge in [0.2, 0.25) is 0 Å². The Hall–Kier alpha value is -1.16. The normalized spacial score (nSPS) is 17.9. The predicted molar refractivity (Wildman–Crippen MR) is 67.7 cm³/mol. The van der Waals surface area contributed by atoms with E-state index in [1.54, 1.807) is 7.11 Å². The van der Waals surface area contributed by atoms with Gasteiger partial charge in [-0.3, -0.25) is 4.79 Å². The van der Waals surface area contributed by atoms with Crippen LogP contribution in [0.3, 0.4) is 0 Å². The number of methoxy groups -OCH3 is 1. The number of benzene rings is 1. The topological polar surface area (TPSA) is 46.5 Å². The first kappa shape index (κ1) is 12.3. The van der Waals surface area contributed by atoms with Crippen molar-refractivity contribution in [3.8, 4) is 5.75 Å². The minimum Gasteiger partial charge on any atom is -0.497 e. The van der Waals surface area contributed by atoms with E-state index in [4.69, 9.17) is 4.74 Å². The van der Waals surface area contributed by atoms with Crippen LogP contribution >= 0.6 is 11.8 Å². The van der Waals surface area contributed by atoms with E-state index in [-0.39, 0.29) is 0 Å². The Labute approximate surface area is 105 Å². The van der Waals surface area contributed by atoms with Crippen LogP contribution in [0.1, 0.15) is 25.7 Å². The van der Waals surface area contributed by atoms with Gasteiger partial charge >= 0.3 is 5.97 Å². The van der Waals surface area contributed by atoms with Crippen LogP contribution in [0.25, 0.3) is 0 Å². The van der Waals surface area contributed by atoms with Crippen LogP contribution < -0.4 is 4.74 Å². The molecular formula is C13H16O3S. The Balaban J connectivity index is 2.15. The van der Waals surface area contributed by atoms with Crippen molar-refractivity contribution in [1.29, 1.82) is 0 Å². The number of carbonyl (C=O) groups is 1. The molecule has 0 atom stereocenters. The predicted octanol–water partition coefficient (Wildman–Crippen LogP) is 3.18. The van der Waals surface area contributed by atoms with E-state index in [2.05, 4.69) is 0 Å². The molecule has 17 heavy (non-hydrogen) atoms. The fourth-order valence-corrected chi connectivity index (χ4v) is 3.48. The molecule has 1 aromatic rings. The fourth-order valence-electron chi connectivity index (χ4n) is 2.18. The maximum Gasteiger partial charge on any atom is 0.320 e. The van der Waals surface area contributed by atoms with Crippen LogP contribution in [0, 0.1) is 0 Å². The quantitative estimate of drug-likeness (QED) is 0.894. The van der Waals surface area contributed by atoms with E-state index in [0.717, 1.165) is 36.3 Å². The van der Waals surface area contributed by atoms with Crippen LogP contribution in [0.15, 0.2) is 29.2 Å². The maximum absolute atomic E-state index is 11.4. The van der Waals surface area contributed by atoms with Gasteiger partial charge in [-0.2, -0.15) is 0 Å². The molecule has 3 nitrogen and oxygen atoms in total. The monoisotopic (exact) mass is 252 g/mol. The minimum absolute atomic E-state index is 0.616. The van der Waals surface area contributed by atoms with Crippen LogP contribution in [-0.2, 0) is 4.79 Å². The average molecular weight is 252 g/mol. The SMILES string of the molecule is COc1ccc(SC2(C(=O)O)CCCC2)cc1. The van der Waals surface area contributed by atoms with Crippen molar-refractivity contribution in [3.63, 3.8) is 0 Å². The highest BCUT2D eigenvalue weighted by Gasteiger charge is 2.42. The van der Waals surface area contributed by atoms with E-state index < -0.39 is 10.7 Å². The summed E-state index contributed by atoms with van der Waals surface area (Å²) in [6, 6.07) is 7.58. The first-order valence-corrected chi connectivity index (χ1v) is 6.54. The second-order valence-corrected chi connectivity index (χ2v) is 5.74. The lowest BCUT2D eigenvalue weighted by atomic mass is 10.1.